The Morgan fingerprint density at radius 1 is 1.09 bits per heavy atom. The second kappa shape index (κ2) is 9.28. The third kappa shape index (κ3) is 4.84. The molecule has 0 fully saturated rings. The molecule has 6 nitrogen and oxygen atoms in total. The number of aromatic nitrogens is 1. The average molecular weight is 448 g/mol. The molecule has 4 aromatic rings. The zero-order chi connectivity index (χ0) is 22.7. The Hall–Kier alpha value is -3.58. The van der Waals surface area contributed by atoms with Crippen LogP contribution in [0.1, 0.15) is 22.5 Å². The molecule has 0 aliphatic carbocycles. The van der Waals surface area contributed by atoms with E-state index < -0.39 is 0 Å². The number of nitrogens with one attached hydrogen (secondary N) is 2. The molecule has 4 rings (SSSR count). The number of ether oxygens (including phenoxy) is 1. The van der Waals surface area contributed by atoms with E-state index in [-0.39, 0.29) is 5.56 Å². The van der Waals surface area contributed by atoms with Gasteiger partial charge in [-0.25, -0.2) is 0 Å². The van der Waals surface area contributed by atoms with Crippen LogP contribution in [0.5, 0.6) is 5.75 Å². The molecule has 0 unspecified atom stereocenters. The minimum Gasteiger partial charge on any atom is -0.497 e. The van der Waals surface area contributed by atoms with E-state index in [1.165, 1.54) is 5.56 Å². The number of aryl methyl sites for hydroxylation is 2. The van der Waals surface area contributed by atoms with Crippen molar-refractivity contribution >= 4 is 33.9 Å². The molecule has 0 aliphatic heterocycles. The summed E-state index contributed by atoms with van der Waals surface area (Å²) in [6.45, 7) is 4.87. The summed E-state index contributed by atoms with van der Waals surface area (Å²) in [4.78, 5) is 17.8. The van der Waals surface area contributed by atoms with Crippen molar-refractivity contribution in [1.29, 1.82) is 0 Å². The third-order valence-corrected chi connectivity index (χ3v) is 5.81. The molecule has 0 aliphatic rings. The van der Waals surface area contributed by atoms with Gasteiger partial charge in [-0.15, -0.1) is 0 Å². The number of hydrogen-bond donors (Lipinski definition) is 2. The molecule has 0 saturated heterocycles. The smallest absolute Gasteiger partial charge is 0.253 e. The topological polar surface area (TPSA) is 70.5 Å². The zero-order valence-corrected chi connectivity index (χ0v) is 19.1. The summed E-state index contributed by atoms with van der Waals surface area (Å²) in [5.74, 6) is 1.52. The van der Waals surface area contributed by atoms with Gasteiger partial charge >= 0.3 is 0 Å². The van der Waals surface area contributed by atoms with Crippen molar-refractivity contribution in [3.8, 4) is 5.75 Å². The number of H-pyrrole nitrogens is 1. The summed E-state index contributed by atoms with van der Waals surface area (Å²) in [6, 6.07) is 17.3. The first kappa shape index (κ1) is 21.6. The molecule has 32 heavy (non-hydrogen) atoms. The lowest BCUT2D eigenvalue weighted by Crippen LogP contribution is -2.35. The van der Waals surface area contributed by atoms with Gasteiger partial charge in [0.15, 0.2) is 5.11 Å². The molecule has 0 bridgehead atoms. The standard InChI is InChI=1S/C25H25N3O3S/c1-16-11-18-13-19(24(29)27-23(18)12-17(16)2)14-28(15-22-5-4-10-31-22)25(32)26-20-6-8-21(30-3)9-7-20/h4-13H,14-15H2,1-3H3,(H,26,32)(H,27,29). The van der Waals surface area contributed by atoms with Crippen LogP contribution in [0.4, 0.5) is 5.69 Å². The van der Waals surface area contributed by atoms with Crippen molar-refractivity contribution < 1.29 is 9.15 Å². The highest BCUT2D eigenvalue weighted by Crippen LogP contribution is 2.20. The predicted octanol–water partition coefficient (Wildman–Crippen LogP) is 5.15. The number of fused-ring (bicyclic) bond motifs is 1. The molecule has 0 spiro atoms. The zero-order valence-electron chi connectivity index (χ0n) is 18.3. The highest BCUT2D eigenvalue weighted by Gasteiger charge is 2.16. The fourth-order valence-corrected chi connectivity index (χ4v) is 3.76. The summed E-state index contributed by atoms with van der Waals surface area (Å²) in [7, 11) is 1.63. The summed E-state index contributed by atoms with van der Waals surface area (Å²) in [5, 5.41) is 4.73. The van der Waals surface area contributed by atoms with Gasteiger partial charge < -0.3 is 24.4 Å². The summed E-state index contributed by atoms with van der Waals surface area (Å²) in [6.07, 6.45) is 1.63. The van der Waals surface area contributed by atoms with E-state index in [2.05, 4.69) is 23.3 Å². The van der Waals surface area contributed by atoms with Crippen LogP contribution in [0, 0.1) is 13.8 Å². The maximum Gasteiger partial charge on any atom is 0.253 e. The van der Waals surface area contributed by atoms with Gasteiger partial charge in [0, 0.05) is 16.8 Å². The normalized spacial score (nSPS) is 10.8. The predicted molar refractivity (Wildman–Crippen MR) is 131 cm³/mol. The average Bonchev–Trinajstić information content (AvgIpc) is 3.29. The minimum atomic E-state index is -0.127. The third-order valence-electron chi connectivity index (χ3n) is 5.45. The number of anilines is 1. The SMILES string of the molecule is COc1ccc(NC(=S)N(Cc2ccco2)Cc2cc3cc(C)c(C)cc3[nH]c2=O)cc1. The number of benzene rings is 2. The van der Waals surface area contributed by atoms with Crippen LogP contribution in [-0.4, -0.2) is 22.1 Å². The fraction of sp³-hybridized carbons (Fsp3) is 0.200. The molecule has 0 atom stereocenters. The molecule has 2 heterocycles. The first-order valence-electron chi connectivity index (χ1n) is 10.3. The van der Waals surface area contributed by atoms with Gasteiger partial charge in [-0.05, 0) is 97.2 Å². The van der Waals surface area contributed by atoms with E-state index in [0.717, 1.165) is 33.7 Å². The van der Waals surface area contributed by atoms with Crippen LogP contribution < -0.4 is 15.6 Å². The number of hydrogen-bond acceptors (Lipinski definition) is 4. The summed E-state index contributed by atoms with van der Waals surface area (Å²) < 4.78 is 10.7. The molecule has 7 heteroatoms. The molecular weight excluding hydrogens is 422 g/mol. The van der Waals surface area contributed by atoms with Crippen molar-refractivity contribution in [3.63, 3.8) is 0 Å². The van der Waals surface area contributed by atoms with Gasteiger partial charge in [0.1, 0.15) is 11.5 Å². The number of aromatic amines is 1. The highest BCUT2D eigenvalue weighted by molar-refractivity contribution is 7.80. The van der Waals surface area contributed by atoms with Crippen molar-refractivity contribution in [2.75, 3.05) is 12.4 Å². The number of nitrogens with zero attached hydrogens (tertiary/aromatic N) is 1. The van der Waals surface area contributed by atoms with Crippen LogP contribution >= 0.6 is 12.2 Å². The number of rotatable bonds is 6. The lowest BCUT2D eigenvalue weighted by atomic mass is 10.0. The molecule has 2 aromatic carbocycles. The summed E-state index contributed by atoms with van der Waals surface area (Å²) >= 11 is 5.70. The Kier molecular flexibility index (Phi) is 6.28. The van der Waals surface area contributed by atoms with Crippen molar-refractivity contribution in [2.45, 2.75) is 26.9 Å². The quantitative estimate of drug-likeness (QED) is 0.399. The second-order valence-corrected chi connectivity index (χ2v) is 8.13. The Morgan fingerprint density at radius 2 is 1.84 bits per heavy atom. The van der Waals surface area contributed by atoms with Crippen LogP contribution in [0.2, 0.25) is 0 Å². The van der Waals surface area contributed by atoms with Gasteiger partial charge in [-0.2, -0.15) is 0 Å². The lowest BCUT2D eigenvalue weighted by Gasteiger charge is -2.25. The molecule has 0 radical (unpaired) electrons. The minimum absolute atomic E-state index is 0.127. The largest absolute Gasteiger partial charge is 0.497 e. The maximum absolute atomic E-state index is 12.8. The van der Waals surface area contributed by atoms with Crippen molar-refractivity contribution in [1.82, 2.24) is 9.88 Å². The van der Waals surface area contributed by atoms with Gasteiger partial charge in [0.25, 0.3) is 5.56 Å². The highest BCUT2D eigenvalue weighted by atomic mass is 32.1. The van der Waals surface area contributed by atoms with Crippen molar-refractivity contribution in [3.05, 3.63) is 93.7 Å². The molecule has 2 aromatic heterocycles. The molecular formula is C25H25N3O3S. The number of furan rings is 1. The van der Waals surface area contributed by atoms with E-state index in [0.29, 0.717) is 23.8 Å². The Labute approximate surface area is 191 Å². The lowest BCUT2D eigenvalue weighted by molar-refractivity contribution is 0.359. The van der Waals surface area contributed by atoms with E-state index in [1.54, 1.807) is 13.4 Å². The van der Waals surface area contributed by atoms with E-state index >= 15 is 0 Å². The van der Waals surface area contributed by atoms with E-state index in [4.69, 9.17) is 21.4 Å². The fourth-order valence-electron chi connectivity index (χ4n) is 3.51. The van der Waals surface area contributed by atoms with Crippen LogP contribution in [0.15, 0.2) is 70.1 Å². The van der Waals surface area contributed by atoms with Crippen LogP contribution in [-0.2, 0) is 13.1 Å². The molecule has 0 saturated carbocycles. The first-order chi connectivity index (χ1) is 15.4. The van der Waals surface area contributed by atoms with Gasteiger partial charge in [0.2, 0.25) is 0 Å². The second-order valence-electron chi connectivity index (χ2n) is 7.74. The Balaban J connectivity index is 1.62. The van der Waals surface area contributed by atoms with E-state index in [1.807, 2.05) is 60.4 Å². The molecule has 0 amide bonds. The molecule has 2 N–H and O–H groups in total. The number of pyridine rings is 1. The van der Waals surface area contributed by atoms with Crippen molar-refractivity contribution in [2.24, 2.45) is 0 Å². The monoisotopic (exact) mass is 447 g/mol. The Bertz CT molecular complexity index is 1290. The maximum atomic E-state index is 12.8. The van der Waals surface area contributed by atoms with E-state index in [9.17, 15) is 4.79 Å². The number of methoxy groups -OCH3 is 1. The molecule has 164 valence electrons. The van der Waals surface area contributed by atoms with Crippen LogP contribution in [0.3, 0.4) is 0 Å². The van der Waals surface area contributed by atoms with Gasteiger partial charge in [-0.3, -0.25) is 4.79 Å². The Morgan fingerprint density at radius 3 is 2.53 bits per heavy atom. The summed E-state index contributed by atoms with van der Waals surface area (Å²) in [5.41, 5.74) is 4.49. The van der Waals surface area contributed by atoms with Crippen LogP contribution in [0.25, 0.3) is 10.9 Å². The van der Waals surface area contributed by atoms with Gasteiger partial charge in [-0.1, -0.05) is 0 Å². The number of thiocarbonyl (C=S) groups is 1. The van der Waals surface area contributed by atoms with Gasteiger partial charge in [0.05, 0.1) is 26.5 Å². The first-order valence-corrected chi connectivity index (χ1v) is 10.7.